The Morgan fingerprint density at radius 1 is 1.38 bits per heavy atom. The molecule has 1 aromatic heterocycles. The van der Waals surface area contributed by atoms with E-state index in [1.807, 2.05) is 37.3 Å². The van der Waals surface area contributed by atoms with Crippen LogP contribution in [0, 0.1) is 0 Å². The molecule has 3 unspecified atom stereocenters. The van der Waals surface area contributed by atoms with Crippen molar-refractivity contribution in [3.8, 4) is 0 Å². The second-order valence-corrected chi connectivity index (χ2v) is 5.37. The third kappa shape index (κ3) is 2.99. The van der Waals surface area contributed by atoms with E-state index in [0.29, 0.717) is 30.3 Å². The topological polar surface area (TPSA) is 60.2 Å². The maximum atomic E-state index is 5.82. The van der Waals surface area contributed by atoms with Gasteiger partial charge < -0.3 is 14.6 Å². The molecular weight excluding hydrogens is 266 g/mol. The fourth-order valence-electron chi connectivity index (χ4n) is 2.81. The highest BCUT2D eigenvalue weighted by molar-refractivity contribution is 5.23. The SMILES string of the molecule is CCOC(c1ccccc1)c1noc(C2CCNC2C)n1. The Balaban J connectivity index is 1.85. The van der Waals surface area contributed by atoms with Crippen molar-refractivity contribution in [2.75, 3.05) is 13.2 Å². The van der Waals surface area contributed by atoms with Crippen molar-refractivity contribution in [3.63, 3.8) is 0 Å². The second-order valence-electron chi connectivity index (χ2n) is 5.37. The number of benzene rings is 1. The van der Waals surface area contributed by atoms with Gasteiger partial charge >= 0.3 is 0 Å². The molecule has 21 heavy (non-hydrogen) atoms. The molecule has 1 fully saturated rings. The summed E-state index contributed by atoms with van der Waals surface area (Å²) in [5.41, 5.74) is 1.05. The van der Waals surface area contributed by atoms with E-state index in [1.54, 1.807) is 0 Å². The highest BCUT2D eigenvalue weighted by Crippen LogP contribution is 2.29. The minimum atomic E-state index is -0.265. The Bertz CT molecular complexity index is 570. The normalized spacial score (nSPS) is 23.3. The molecule has 5 nitrogen and oxygen atoms in total. The van der Waals surface area contributed by atoms with Crippen LogP contribution in [0.4, 0.5) is 0 Å². The van der Waals surface area contributed by atoms with Gasteiger partial charge in [0.15, 0.2) is 0 Å². The second kappa shape index (κ2) is 6.37. The van der Waals surface area contributed by atoms with E-state index in [1.165, 1.54) is 0 Å². The summed E-state index contributed by atoms with van der Waals surface area (Å²) in [7, 11) is 0. The molecule has 112 valence electrons. The van der Waals surface area contributed by atoms with Crippen LogP contribution in [0.3, 0.4) is 0 Å². The van der Waals surface area contributed by atoms with E-state index < -0.39 is 0 Å². The Labute approximate surface area is 124 Å². The minimum Gasteiger partial charge on any atom is -0.366 e. The Kier molecular flexibility index (Phi) is 4.31. The summed E-state index contributed by atoms with van der Waals surface area (Å²) in [5.74, 6) is 1.62. The van der Waals surface area contributed by atoms with E-state index in [9.17, 15) is 0 Å². The first-order chi connectivity index (χ1) is 10.3. The number of nitrogens with one attached hydrogen (secondary N) is 1. The van der Waals surface area contributed by atoms with Crippen LogP contribution in [0.25, 0.3) is 0 Å². The third-order valence-corrected chi connectivity index (χ3v) is 3.97. The van der Waals surface area contributed by atoms with Crippen molar-refractivity contribution in [1.82, 2.24) is 15.5 Å². The number of aromatic nitrogens is 2. The molecule has 1 aliphatic rings. The summed E-state index contributed by atoms with van der Waals surface area (Å²) in [6, 6.07) is 10.4. The van der Waals surface area contributed by atoms with Crippen LogP contribution in [-0.4, -0.2) is 29.3 Å². The highest BCUT2D eigenvalue weighted by Gasteiger charge is 2.31. The number of rotatable bonds is 5. The maximum absolute atomic E-state index is 5.82. The fourth-order valence-corrected chi connectivity index (χ4v) is 2.81. The van der Waals surface area contributed by atoms with Gasteiger partial charge in [0.2, 0.25) is 11.7 Å². The fraction of sp³-hybridized carbons (Fsp3) is 0.500. The van der Waals surface area contributed by atoms with Crippen molar-refractivity contribution in [2.45, 2.75) is 38.3 Å². The van der Waals surface area contributed by atoms with Gasteiger partial charge in [0.1, 0.15) is 6.10 Å². The molecule has 1 saturated heterocycles. The minimum absolute atomic E-state index is 0.265. The molecule has 0 saturated carbocycles. The predicted octanol–water partition coefficient (Wildman–Crippen LogP) is 2.66. The molecule has 0 bridgehead atoms. The van der Waals surface area contributed by atoms with Gasteiger partial charge in [0.25, 0.3) is 0 Å². The maximum Gasteiger partial charge on any atom is 0.231 e. The van der Waals surface area contributed by atoms with E-state index in [-0.39, 0.29) is 6.10 Å². The molecule has 1 aromatic carbocycles. The van der Waals surface area contributed by atoms with Gasteiger partial charge in [0, 0.05) is 12.6 Å². The first-order valence-electron chi connectivity index (χ1n) is 7.53. The molecule has 0 spiro atoms. The largest absolute Gasteiger partial charge is 0.366 e. The third-order valence-electron chi connectivity index (χ3n) is 3.97. The molecule has 1 N–H and O–H groups in total. The lowest BCUT2D eigenvalue weighted by molar-refractivity contribution is 0.0833. The summed E-state index contributed by atoms with van der Waals surface area (Å²) in [6.45, 7) is 5.72. The van der Waals surface area contributed by atoms with Crippen LogP contribution < -0.4 is 5.32 Å². The lowest BCUT2D eigenvalue weighted by atomic mass is 10.0. The molecule has 3 atom stereocenters. The quantitative estimate of drug-likeness (QED) is 0.916. The summed E-state index contributed by atoms with van der Waals surface area (Å²) in [4.78, 5) is 4.60. The Morgan fingerprint density at radius 3 is 2.86 bits per heavy atom. The van der Waals surface area contributed by atoms with Crippen LogP contribution in [0.1, 0.15) is 49.6 Å². The van der Waals surface area contributed by atoms with Gasteiger partial charge in [0.05, 0.1) is 5.92 Å². The summed E-state index contributed by atoms with van der Waals surface area (Å²) < 4.78 is 11.3. The molecule has 2 heterocycles. The molecule has 5 heteroatoms. The van der Waals surface area contributed by atoms with E-state index in [0.717, 1.165) is 18.5 Å². The number of nitrogens with zero attached hydrogens (tertiary/aromatic N) is 2. The van der Waals surface area contributed by atoms with Crippen LogP contribution in [0.2, 0.25) is 0 Å². The van der Waals surface area contributed by atoms with Crippen LogP contribution in [0.15, 0.2) is 34.9 Å². The number of hydrogen-bond donors (Lipinski definition) is 1. The monoisotopic (exact) mass is 287 g/mol. The van der Waals surface area contributed by atoms with Gasteiger partial charge in [-0.3, -0.25) is 0 Å². The van der Waals surface area contributed by atoms with Gasteiger partial charge in [-0.15, -0.1) is 0 Å². The zero-order valence-electron chi connectivity index (χ0n) is 12.5. The highest BCUT2D eigenvalue weighted by atomic mass is 16.5. The van der Waals surface area contributed by atoms with Crippen molar-refractivity contribution < 1.29 is 9.26 Å². The Hall–Kier alpha value is -1.72. The zero-order chi connectivity index (χ0) is 14.7. The number of ether oxygens (including phenoxy) is 1. The van der Waals surface area contributed by atoms with Crippen molar-refractivity contribution in [2.24, 2.45) is 0 Å². The van der Waals surface area contributed by atoms with Crippen LogP contribution >= 0.6 is 0 Å². The summed E-state index contributed by atoms with van der Waals surface area (Å²) in [5, 5.41) is 7.56. The predicted molar refractivity (Wildman–Crippen MR) is 79.0 cm³/mol. The van der Waals surface area contributed by atoms with Gasteiger partial charge in [-0.1, -0.05) is 35.5 Å². The van der Waals surface area contributed by atoms with Crippen LogP contribution in [-0.2, 0) is 4.74 Å². The average molecular weight is 287 g/mol. The Morgan fingerprint density at radius 2 is 2.19 bits per heavy atom. The zero-order valence-corrected chi connectivity index (χ0v) is 12.5. The standard InChI is InChI=1S/C16H21N3O2/c1-3-20-14(12-7-5-4-6-8-12)15-18-16(21-19-15)13-9-10-17-11(13)2/h4-8,11,13-14,17H,3,9-10H2,1-2H3. The molecule has 1 aliphatic heterocycles. The van der Waals surface area contributed by atoms with Crippen LogP contribution in [0.5, 0.6) is 0 Å². The molecule has 3 rings (SSSR count). The first kappa shape index (κ1) is 14.2. The van der Waals surface area contributed by atoms with Gasteiger partial charge in [-0.05, 0) is 32.4 Å². The van der Waals surface area contributed by atoms with Gasteiger partial charge in [-0.2, -0.15) is 4.98 Å². The molecule has 0 aliphatic carbocycles. The molecule has 0 radical (unpaired) electrons. The van der Waals surface area contributed by atoms with E-state index in [2.05, 4.69) is 22.4 Å². The van der Waals surface area contributed by atoms with E-state index in [4.69, 9.17) is 9.26 Å². The first-order valence-corrected chi connectivity index (χ1v) is 7.53. The molecular formula is C16H21N3O2. The van der Waals surface area contributed by atoms with Crippen molar-refractivity contribution in [1.29, 1.82) is 0 Å². The molecule has 2 aromatic rings. The van der Waals surface area contributed by atoms with Crippen molar-refractivity contribution in [3.05, 3.63) is 47.6 Å². The summed E-state index contributed by atoms with van der Waals surface area (Å²) in [6.07, 6.45) is 0.770. The lowest BCUT2D eigenvalue weighted by Crippen LogP contribution is -2.21. The smallest absolute Gasteiger partial charge is 0.231 e. The lowest BCUT2D eigenvalue weighted by Gasteiger charge is -2.13. The van der Waals surface area contributed by atoms with Gasteiger partial charge in [-0.25, -0.2) is 0 Å². The number of hydrogen-bond acceptors (Lipinski definition) is 5. The summed E-state index contributed by atoms with van der Waals surface area (Å²) >= 11 is 0. The average Bonchev–Trinajstić information content (AvgIpc) is 3.14. The van der Waals surface area contributed by atoms with Crippen molar-refractivity contribution >= 4 is 0 Å². The molecule has 0 amide bonds. The van der Waals surface area contributed by atoms with E-state index >= 15 is 0 Å².